The van der Waals surface area contributed by atoms with Gasteiger partial charge in [0.15, 0.2) is 0 Å². The van der Waals surface area contributed by atoms with E-state index in [0.29, 0.717) is 19.3 Å². The summed E-state index contributed by atoms with van der Waals surface area (Å²) in [5.74, 6) is 0. The van der Waals surface area contributed by atoms with Crippen LogP contribution in [0.5, 0.6) is 0 Å². The topological polar surface area (TPSA) is 39.7 Å². The van der Waals surface area contributed by atoms with Gasteiger partial charge in [0.1, 0.15) is 0 Å². The van der Waals surface area contributed by atoms with E-state index in [9.17, 15) is 0 Å². The summed E-state index contributed by atoms with van der Waals surface area (Å²) in [5.41, 5.74) is 0. The van der Waals surface area contributed by atoms with Crippen LogP contribution < -0.4 is 5.32 Å². The van der Waals surface area contributed by atoms with Crippen LogP contribution in [0.4, 0.5) is 0 Å². The fourth-order valence-electron chi connectivity index (χ4n) is 1.46. The molecule has 0 amide bonds. The van der Waals surface area contributed by atoms with Crippen molar-refractivity contribution in [2.75, 3.05) is 46.6 Å². The molecule has 1 aliphatic rings. The number of nitrogens with one attached hydrogen (secondary N) is 1. The number of hydrogen-bond acceptors (Lipinski definition) is 4. The number of ether oxygens (including phenoxy) is 3. The van der Waals surface area contributed by atoms with Crippen LogP contribution in [0.1, 0.15) is 12.8 Å². The first kappa shape index (κ1) is 11.9. The van der Waals surface area contributed by atoms with Crippen LogP contribution in [0, 0.1) is 0 Å². The van der Waals surface area contributed by atoms with E-state index in [1.165, 1.54) is 12.8 Å². The van der Waals surface area contributed by atoms with E-state index >= 15 is 0 Å². The van der Waals surface area contributed by atoms with Gasteiger partial charge >= 0.3 is 0 Å². The van der Waals surface area contributed by atoms with E-state index in [1.807, 2.05) is 0 Å². The molecule has 0 aromatic carbocycles. The Hall–Kier alpha value is -0.160. The smallest absolute Gasteiger partial charge is 0.0700 e. The maximum absolute atomic E-state index is 5.47. The molecule has 14 heavy (non-hydrogen) atoms. The molecule has 84 valence electrons. The highest BCUT2D eigenvalue weighted by atomic mass is 16.5. The molecule has 0 aromatic rings. The van der Waals surface area contributed by atoms with Crippen LogP contribution in [0.2, 0.25) is 0 Å². The molecular weight excluding hydrogens is 182 g/mol. The lowest BCUT2D eigenvalue weighted by Gasteiger charge is -2.10. The van der Waals surface area contributed by atoms with Gasteiger partial charge in [-0.15, -0.1) is 0 Å². The maximum Gasteiger partial charge on any atom is 0.0700 e. The molecule has 1 unspecified atom stereocenters. The minimum Gasteiger partial charge on any atom is -0.382 e. The van der Waals surface area contributed by atoms with Crippen LogP contribution >= 0.6 is 0 Å². The van der Waals surface area contributed by atoms with Crippen molar-refractivity contribution in [2.45, 2.75) is 18.9 Å². The van der Waals surface area contributed by atoms with Gasteiger partial charge in [0.05, 0.1) is 25.9 Å². The molecular formula is C10H21NO3. The summed E-state index contributed by atoms with van der Waals surface area (Å²) >= 11 is 0. The monoisotopic (exact) mass is 203 g/mol. The molecule has 1 aliphatic heterocycles. The molecule has 0 bridgehead atoms. The van der Waals surface area contributed by atoms with Gasteiger partial charge in [-0.3, -0.25) is 0 Å². The molecule has 1 rings (SSSR count). The van der Waals surface area contributed by atoms with Gasteiger partial charge in [-0.2, -0.15) is 0 Å². The largest absolute Gasteiger partial charge is 0.382 e. The van der Waals surface area contributed by atoms with Gasteiger partial charge in [-0.25, -0.2) is 0 Å². The average molecular weight is 203 g/mol. The fourth-order valence-corrected chi connectivity index (χ4v) is 1.46. The summed E-state index contributed by atoms with van der Waals surface area (Å²) in [6.45, 7) is 4.87. The number of methoxy groups -OCH3 is 1. The third-order valence-electron chi connectivity index (χ3n) is 2.25. The van der Waals surface area contributed by atoms with Crippen molar-refractivity contribution in [1.82, 2.24) is 5.32 Å². The Labute approximate surface area is 85.9 Å². The van der Waals surface area contributed by atoms with E-state index < -0.39 is 0 Å². The number of rotatable bonds is 8. The van der Waals surface area contributed by atoms with E-state index in [1.54, 1.807) is 7.11 Å². The number of hydrogen-bond donors (Lipinski definition) is 1. The summed E-state index contributed by atoms with van der Waals surface area (Å²) in [4.78, 5) is 0. The molecule has 4 nitrogen and oxygen atoms in total. The second kappa shape index (κ2) is 8.17. The summed E-state index contributed by atoms with van der Waals surface area (Å²) in [5, 5.41) is 3.31. The van der Waals surface area contributed by atoms with Gasteiger partial charge in [0.25, 0.3) is 0 Å². The lowest BCUT2D eigenvalue weighted by Crippen LogP contribution is -2.29. The Bertz CT molecular complexity index is 127. The molecule has 1 N–H and O–H groups in total. The lowest BCUT2D eigenvalue weighted by atomic mass is 10.2. The predicted molar refractivity (Wildman–Crippen MR) is 54.5 cm³/mol. The Morgan fingerprint density at radius 1 is 1.36 bits per heavy atom. The van der Waals surface area contributed by atoms with Gasteiger partial charge in [-0.05, 0) is 12.8 Å². The molecule has 0 aliphatic carbocycles. The molecule has 0 radical (unpaired) electrons. The Balaban J connectivity index is 1.75. The normalized spacial score (nSPS) is 21.6. The standard InChI is InChI=1S/C10H21NO3/c1-12-7-8-13-6-4-11-9-10-3-2-5-14-10/h10-11H,2-9H2,1H3. The van der Waals surface area contributed by atoms with Crippen LogP contribution in [-0.2, 0) is 14.2 Å². The zero-order chi connectivity index (χ0) is 10.1. The molecule has 4 heteroatoms. The van der Waals surface area contributed by atoms with E-state index in [2.05, 4.69) is 5.32 Å². The molecule has 1 saturated heterocycles. The van der Waals surface area contributed by atoms with E-state index in [0.717, 1.165) is 26.3 Å². The van der Waals surface area contributed by atoms with Crippen molar-refractivity contribution in [3.63, 3.8) is 0 Å². The summed E-state index contributed by atoms with van der Waals surface area (Å²) < 4.78 is 15.6. The molecule has 1 atom stereocenters. The highest BCUT2D eigenvalue weighted by molar-refractivity contribution is 4.66. The minimum atomic E-state index is 0.425. The van der Waals surface area contributed by atoms with Crippen molar-refractivity contribution in [3.05, 3.63) is 0 Å². The SMILES string of the molecule is COCCOCCNCC1CCCO1. The van der Waals surface area contributed by atoms with Crippen LogP contribution in [0.25, 0.3) is 0 Å². The fraction of sp³-hybridized carbons (Fsp3) is 1.00. The first-order valence-corrected chi connectivity index (χ1v) is 5.32. The zero-order valence-corrected chi connectivity index (χ0v) is 8.96. The zero-order valence-electron chi connectivity index (χ0n) is 8.96. The Morgan fingerprint density at radius 2 is 2.29 bits per heavy atom. The molecule has 0 spiro atoms. The molecule has 1 fully saturated rings. The third-order valence-corrected chi connectivity index (χ3v) is 2.25. The predicted octanol–water partition coefficient (Wildman–Crippen LogP) is 0.418. The summed E-state index contributed by atoms with van der Waals surface area (Å²) in [6, 6.07) is 0. The third kappa shape index (κ3) is 5.54. The molecule has 0 saturated carbocycles. The summed E-state index contributed by atoms with van der Waals surface area (Å²) in [7, 11) is 1.68. The van der Waals surface area contributed by atoms with Crippen LogP contribution in [0.15, 0.2) is 0 Å². The summed E-state index contributed by atoms with van der Waals surface area (Å²) in [6.07, 6.45) is 2.82. The van der Waals surface area contributed by atoms with E-state index in [-0.39, 0.29) is 0 Å². The van der Waals surface area contributed by atoms with Crippen molar-refractivity contribution < 1.29 is 14.2 Å². The first-order chi connectivity index (χ1) is 6.93. The quantitative estimate of drug-likeness (QED) is 0.580. The minimum absolute atomic E-state index is 0.425. The highest BCUT2D eigenvalue weighted by Crippen LogP contribution is 2.10. The Morgan fingerprint density at radius 3 is 3.00 bits per heavy atom. The highest BCUT2D eigenvalue weighted by Gasteiger charge is 2.13. The molecule has 0 aromatic heterocycles. The second-order valence-corrected chi connectivity index (χ2v) is 3.44. The second-order valence-electron chi connectivity index (χ2n) is 3.44. The van der Waals surface area contributed by atoms with Crippen molar-refractivity contribution in [3.8, 4) is 0 Å². The van der Waals surface area contributed by atoms with Gasteiger partial charge in [0, 0.05) is 26.8 Å². The van der Waals surface area contributed by atoms with Gasteiger partial charge in [0.2, 0.25) is 0 Å². The molecule has 1 heterocycles. The van der Waals surface area contributed by atoms with Gasteiger partial charge < -0.3 is 19.5 Å². The maximum atomic E-state index is 5.47. The first-order valence-electron chi connectivity index (χ1n) is 5.32. The lowest BCUT2D eigenvalue weighted by molar-refractivity contribution is 0.0685. The van der Waals surface area contributed by atoms with Gasteiger partial charge in [-0.1, -0.05) is 0 Å². The van der Waals surface area contributed by atoms with E-state index in [4.69, 9.17) is 14.2 Å². The Kier molecular flexibility index (Phi) is 6.95. The average Bonchev–Trinajstić information content (AvgIpc) is 2.69. The van der Waals surface area contributed by atoms with Crippen molar-refractivity contribution in [2.24, 2.45) is 0 Å². The van der Waals surface area contributed by atoms with Crippen molar-refractivity contribution >= 4 is 0 Å². The van der Waals surface area contributed by atoms with Crippen LogP contribution in [0.3, 0.4) is 0 Å². The van der Waals surface area contributed by atoms with Crippen LogP contribution in [-0.4, -0.2) is 52.7 Å². The van der Waals surface area contributed by atoms with Crippen molar-refractivity contribution in [1.29, 1.82) is 0 Å².